The van der Waals surface area contributed by atoms with Gasteiger partial charge in [0, 0.05) is 35.0 Å². The molecule has 1 aromatic carbocycles. The minimum absolute atomic E-state index is 0.0360. The maximum absolute atomic E-state index is 12.0. The Bertz CT molecular complexity index is 695. The van der Waals surface area contributed by atoms with Crippen molar-refractivity contribution in [3.8, 4) is 0 Å². The average Bonchev–Trinajstić information content (AvgIpc) is 2.93. The van der Waals surface area contributed by atoms with Crippen LogP contribution in [-0.2, 0) is 17.6 Å². The topological polar surface area (TPSA) is 70.2 Å². The number of amides is 3. The molecular weight excluding hydrogens is 322 g/mol. The molecule has 1 unspecified atom stereocenters. The predicted octanol–water partition coefficient (Wildman–Crippen LogP) is 3.10. The first-order valence-corrected chi connectivity index (χ1v) is 8.70. The summed E-state index contributed by atoms with van der Waals surface area (Å²) in [5.74, 6) is -0.0360. The number of nitrogens with one attached hydrogen (secondary N) is 3. The molecular formula is C18H23N3O2S. The van der Waals surface area contributed by atoms with Gasteiger partial charge in [-0.1, -0.05) is 12.1 Å². The van der Waals surface area contributed by atoms with Crippen molar-refractivity contribution in [2.24, 2.45) is 0 Å². The number of anilines is 1. The summed E-state index contributed by atoms with van der Waals surface area (Å²) >= 11 is 1.75. The Labute approximate surface area is 146 Å². The molecule has 24 heavy (non-hydrogen) atoms. The zero-order valence-corrected chi connectivity index (χ0v) is 15.0. The maximum atomic E-state index is 12.0. The van der Waals surface area contributed by atoms with Crippen LogP contribution in [0, 0.1) is 6.92 Å². The van der Waals surface area contributed by atoms with Gasteiger partial charge in [0.15, 0.2) is 0 Å². The Morgan fingerprint density at radius 2 is 1.83 bits per heavy atom. The number of likely N-dealkylation sites (N-methyl/N-ethyl adjacent to an activating group) is 1. The molecule has 0 aliphatic carbocycles. The van der Waals surface area contributed by atoms with Crippen LogP contribution >= 0.6 is 11.3 Å². The molecule has 5 nitrogen and oxygen atoms in total. The molecule has 0 bridgehead atoms. The number of urea groups is 1. The van der Waals surface area contributed by atoms with Gasteiger partial charge in [-0.05, 0) is 43.7 Å². The molecule has 1 atom stereocenters. The van der Waals surface area contributed by atoms with Gasteiger partial charge in [-0.15, -0.1) is 11.3 Å². The van der Waals surface area contributed by atoms with E-state index in [0.717, 1.165) is 12.0 Å². The molecule has 0 aliphatic rings. The van der Waals surface area contributed by atoms with E-state index in [-0.39, 0.29) is 18.0 Å². The summed E-state index contributed by atoms with van der Waals surface area (Å²) in [5.41, 5.74) is 1.61. The van der Waals surface area contributed by atoms with Crippen molar-refractivity contribution in [3.05, 3.63) is 51.7 Å². The Balaban J connectivity index is 1.82. The molecule has 6 heteroatoms. The van der Waals surface area contributed by atoms with E-state index in [0.29, 0.717) is 12.1 Å². The zero-order chi connectivity index (χ0) is 17.5. The van der Waals surface area contributed by atoms with Crippen molar-refractivity contribution >= 4 is 29.0 Å². The van der Waals surface area contributed by atoms with Crippen LogP contribution in [0.15, 0.2) is 36.4 Å². The number of rotatable bonds is 6. The second-order valence-electron chi connectivity index (χ2n) is 5.76. The van der Waals surface area contributed by atoms with Gasteiger partial charge in [-0.25, -0.2) is 4.79 Å². The van der Waals surface area contributed by atoms with Crippen molar-refractivity contribution in [3.63, 3.8) is 0 Å². The molecule has 3 amide bonds. The van der Waals surface area contributed by atoms with Gasteiger partial charge in [-0.2, -0.15) is 0 Å². The lowest BCUT2D eigenvalue weighted by atomic mass is 10.1. The molecule has 0 saturated carbocycles. The van der Waals surface area contributed by atoms with Crippen LogP contribution in [0.2, 0.25) is 0 Å². The summed E-state index contributed by atoms with van der Waals surface area (Å²) in [7, 11) is 1.61. The van der Waals surface area contributed by atoms with E-state index in [1.165, 1.54) is 9.75 Å². The molecule has 1 heterocycles. The average molecular weight is 345 g/mol. The first-order chi connectivity index (χ1) is 11.5. The minimum Gasteiger partial charge on any atom is -0.359 e. The lowest BCUT2D eigenvalue weighted by Crippen LogP contribution is -2.37. The highest BCUT2D eigenvalue weighted by Crippen LogP contribution is 2.17. The van der Waals surface area contributed by atoms with Crippen LogP contribution in [0.4, 0.5) is 10.5 Å². The smallest absolute Gasteiger partial charge is 0.319 e. The van der Waals surface area contributed by atoms with Crippen LogP contribution in [0.3, 0.4) is 0 Å². The van der Waals surface area contributed by atoms with E-state index in [2.05, 4.69) is 35.0 Å². The lowest BCUT2D eigenvalue weighted by molar-refractivity contribution is -0.119. The highest BCUT2D eigenvalue weighted by Gasteiger charge is 2.09. The highest BCUT2D eigenvalue weighted by molar-refractivity contribution is 7.11. The van der Waals surface area contributed by atoms with Crippen molar-refractivity contribution in [1.29, 1.82) is 0 Å². The van der Waals surface area contributed by atoms with Gasteiger partial charge in [0.05, 0.1) is 6.42 Å². The van der Waals surface area contributed by atoms with Gasteiger partial charge in [0.1, 0.15) is 0 Å². The van der Waals surface area contributed by atoms with Crippen LogP contribution in [0.25, 0.3) is 0 Å². The van der Waals surface area contributed by atoms with E-state index < -0.39 is 0 Å². The molecule has 128 valence electrons. The Kier molecular flexibility index (Phi) is 6.37. The molecule has 0 aliphatic heterocycles. The third kappa shape index (κ3) is 5.70. The molecule has 2 rings (SSSR count). The number of hydrogen-bond donors (Lipinski definition) is 3. The Hall–Kier alpha value is -2.34. The number of thiophene rings is 1. The number of benzene rings is 1. The molecule has 0 spiro atoms. The number of carbonyl (C=O) groups excluding carboxylic acids is 2. The second kappa shape index (κ2) is 8.49. The molecule has 1 aromatic heterocycles. The van der Waals surface area contributed by atoms with Crippen LogP contribution in [0.1, 0.15) is 22.2 Å². The van der Waals surface area contributed by atoms with Crippen LogP contribution in [0.5, 0.6) is 0 Å². The molecule has 2 aromatic rings. The zero-order valence-electron chi connectivity index (χ0n) is 14.2. The van der Waals surface area contributed by atoms with E-state index in [1.54, 1.807) is 30.5 Å². The van der Waals surface area contributed by atoms with E-state index in [9.17, 15) is 9.59 Å². The number of carbonyl (C=O) groups is 2. The maximum Gasteiger partial charge on any atom is 0.319 e. The largest absolute Gasteiger partial charge is 0.359 e. The third-order valence-corrected chi connectivity index (χ3v) is 4.56. The first kappa shape index (κ1) is 18.0. The highest BCUT2D eigenvalue weighted by atomic mass is 32.1. The van der Waals surface area contributed by atoms with Crippen molar-refractivity contribution in [1.82, 2.24) is 10.6 Å². The normalized spacial score (nSPS) is 11.6. The third-order valence-electron chi connectivity index (χ3n) is 3.54. The van der Waals surface area contributed by atoms with Crippen molar-refractivity contribution in [2.45, 2.75) is 32.7 Å². The summed E-state index contributed by atoms with van der Waals surface area (Å²) in [6, 6.07) is 11.3. The molecule has 3 N–H and O–H groups in total. The Morgan fingerprint density at radius 3 is 2.42 bits per heavy atom. The fraction of sp³-hybridized carbons (Fsp3) is 0.333. The predicted molar refractivity (Wildman–Crippen MR) is 98.6 cm³/mol. The quantitative estimate of drug-likeness (QED) is 0.753. The van der Waals surface area contributed by atoms with Crippen molar-refractivity contribution in [2.75, 3.05) is 12.4 Å². The first-order valence-electron chi connectivity index (χ1n) is 7.88. The summed E-state index contributed by atoms with van der Waals surface area (Å²) in [4.78, 5) is 25.9. The monoisotopic (exact) mass is 345 g/mol. The molecule has 0 fully saturated rings. The minimum atomic E-state index is -0.227. The fourth-order valence-corrected chi connectivity index (χ4v) is 3.34. The summed E-state index contributed by atoms with van der Waals surface area (Å²) < 4.78 is 0. The summed E-state index contributed by atoms with van der Waals surface area (Å²) in [6.45, 7) is 4.06. The van der Waals surface area contributed by atoms with Gasteiger partial charge < -0.3 is 16.0 Å². The summed E-state index contributed by atoms with van der Waals surface area (Å²) in [5, 5.41) is 8.33. The molecule has 0 saturated heterocycles. The van der Waals surface area contributed by atoms with E-state index >= 15 is 0 Å². The van der Waals surface area contributed by atoms with E-state index in [1.807, 2.05) is 19.1 Å². The van der Waals surface area contributed by atoms with Gasteiger partial charge >= 0.3 is 6.03 Å². The summed E-state index contributed by atoms with van der Waals surface area (Å²) in [6.07, 6.45) is 1.15. The van der Waals surface area contributed by atoms with Gasteiger partial charge in [-0.3, -0.25) is 4.79 Å². The SMILES string of the molecule is CNC(=O)Cc1ccc(NC(=O)NC(C)Cc2ccc(C)s2)cc1. The van der Waals surface area contributed by atoms with Gasteiger partial charge in [0.2, 0.25) is 5.91 Å². The van der Waals surface area contributed by atoms with Crippen LogP contribution < -0.4 is 16.0 Å². The number of aryl methyl sites for hydroxylation is 1. The van der Waals surface area contributed by atoms with E-state index in [4.69, 9.17) is 0 Å². The molecule has 0 radical (unpaired) electrons. The number of hydrogen-bond acceptors (Lipinski definition) is 3. The second-order valence-corrected chi connectivity index (χ2v) is 7.14. The Morgan fingerprint density at radius 1 is 1.12 bits per heavy atom. The standard InChI is InChI=1S/C18H23N3O2S/c1-12(10-16-9-4-13(2)24-16)20-18(23)21-15-7-5-14(6-8-15)11-17(22)19-3/h4-9,12H,10-11H2,1-3H3,(H,19,22)(H2,20,21,23). The van der Waals surface area contributed by atoms with Crippen molar-refractivity contribution < 1.29 is 9.59 Å². The fourth-order valence-electron chi connectivity index (χ4n) is 2.32. The lowest BCUT2D eigenvalue weighted by Gasteiger charge is -2.14. The van der Waals surface area contributed by atoms with Crippen LogP contribution in [-0.4, -0.2) is 25.0 Å². The van der Waals surface area contributed by atoms with Gasteiger partial charge in [0.25, 0.3) is 0 Å².